The van der Waals surface area contributed by atoms with Crippen LogP contribution in [0, 0.1) is 5.82 Å². The van der Waals surface area contributed by atoms with Gasteiger partial charge < -0.3 is 9.84 Å². The Morgan fingerprint density at radius 1 is 1.11 bits per heavy atom. The zero-order valence-electron chi connectivity index (χ0n) is 10.1. The molecule has 0 bridgehead atoms. The van der Waals surface area contributed by atoms with Gasteiger partial charge in [-0.1, -0.05) is 25.1 Å². The Morgan fingerprint density at radius 2 is 1.83 bits per heavy atom. The average Bonchev–Trinajstić information content (AvgIpc) is 2.39. The first kappa shape index (κ1) is 12.6. The molecule has 0 fully saturated rings. The third-order valence-corrected chi connectivity index (χ3v) is 2.68. The average molecular weight is 246 g/mol. The molecular formula is C15H15FO2. The molecule has 1 unspecified atom stereocenters. The Kier molecular flexibility index (Phi) is 3.95. The molecule has 0 heterocycles. The molecule has 0 radical (unpaired) electrons. The lowest BCUT2D eigenvalue weighted by atomic mass is 10.1. The first-order valence-electron chi connectivity index (χ1n) is 5.90. The molecule has 2 nitrogen and oxygen atoms in total. The minimum atomic E-state index is -0.451. The molecule has 0 spiro atoms. The van der Waals surface area contributed by atoms with E-state index in [0.717, 1.165) is 5.56 Å². The zero-order chi connectivity index (χ0) is 13.0. The largest absolute Gasteiger partial charge is 0.457 e. The SMILES string of the molecule is CCC(O)c1ccc(Oc2cccc(F)c2)cc1. The summed E-state index contributed by atoms with van der Waals surface area (Å²) < 4.78 is 18.5. The van der Waals surface area contributed by atoms with Crippen LogP contribution in [0.3, 0.4) is 0 Å². The second kappa shape index (κ2) is 5.65. The standard InChI is InChI=1S/C15H15FO2/c1-2-15(17)11-6-8-13(9-7-11)18-14-5-3-4-12(16)10-14/h3-10,15,17H,2H2,1H3. The maximum atomic E-state index is 13.0. The van der Waals surface area contributed by atoms with E-state index < -0.39 is 6.10 Å². The van der Waals surface area contributed by atoms with Crippen LogP contribution in [0.25, 0.3) is 0 Å². The number of halogens is 1. The maximum Gasteiger partial charge on any atom is 0.130 e. The summed E-state index contributed by atoms with van der Waals surface area (Å²) in [5, 5.41) is 9.66. The lowest BCUT2D eigenvalue weighted by molar-refractivity contribution is 0.173. The fourth-order valence-corrected chi connectivity index (χ4v) is 1.66. The lowest BCUT2D eigenvalue weighted by Crippen LogP contribution is -1.94. The Morgan fingerprint density at radius 3 is 2.44 bits per heavy atom. The van der Waals surface area contributed by atoms with Gasteiger partial charge in [-0.25, -0.2) is 4.39 Å². The molecule has 0 saturated carbocycles. The van der Waals surface area contributed by atoms with Crippen molar-refractivity contribution < 1.29 is 14.2 Å². The summed E-state index contributed by atoms with van der Waals surface area (Å²) in [6.07, 6.45) is 0.220. The number of ether oxygens (including phenoxy) is 1. The third-order valence-electron chi connectivity index (χ3n) is 2.68. The van der Waals surface area contributed by atoms with Gasteiger partial charge in [0.15, 0.2) is 0 Å². The molecular weight excluding hydrogens is 231 g/mol. The highest BCUT2D eigenvalue weighted by molar-refractivity contribution is 5.33. The van der Waals surface area contributed by atoms with E-state index >= 15 is 0 Å². The number of aliphatic hydroxyl groups excluding tert-OH is 1. The maximum absolute atomic E-state index is 13.0. The highest BCUT2D eigenvalue weighted by atomic mass is 19.1. The first-order valence-corrected chi connectivity index (χ1v) is 5.90. The molecule has 0 saturated heterocycles. The van der Waals surface area contributed by atoms with Crippen LogP contribution in [0.15, 0.2) is 48.5 Å². The molecule has 0 aromatic heterocycles. The number of rotatable bonds is 4. The highest BCUT2D eigenvalue weighted by Gasteiger charge is 2.05. The summed E-state index contributed by atoms with van der Waals surface area (Å²) in [4.78, 5) is 0. The van der Waals surface area contributed by atoms with Crippen molar-refractivity contribution in [2.45, 2.75) is 19.4 Å². The third kappa shape index (κ3) is 3.08. The van der Waals surface area contributed by atoms with Crippen molar-refractivity contribution in [3.05, 3.63) is 59.9 Å². The molecule has 3 heteroatoms. The van der Waals surface area contributed by atoms with Crippen LogP contribution in [0.2, 0.25) is 0 Å². The fourth-order valence-electron chi connectivity index (χ4n) is 1.66. The van der Waals surface area contributed by atoms with E-state index in [0.29, 0.717) is 17.9 Å². The van der Waals surface area contributed by atoms with Crippen molar-refractivity contribution in [2.75, 3.05) is 0 Å². The van der Waals surface area contributed by atoms with Crippen molar-refractivity contribution in [3.8, 4) is 11.5 Å². The molecule has 94 valence electrons. The van der Waals surface area contributed by atoms with Gasteiger partial charge in [0.1, 0.15) is 17.3 Å². The predicted molar refractivity (Wildman–Crippen MR) is 68.2 cm³/mol. The Labute approximate surface area is 106 Å². The van der Waals surface area contributed by atoms with Crippen LogP contribution in [-0.4, -0.2) is 5.11 Å². The van der Waals surface area contributed by atoms with Gasteiger partial charge in [-0.2, -0.15) is 0 Å². The van der Waals surface area contributed by atoms with Crippen molar-refractivity contribution >= 4 is 0 Å². The second-order valence-corrected chi connectivity index (χ2v) is 4.05. The Hall–Kier alpha value is -1.87. The van der Waals surface area contributed by atoms with E-state index in [1.54, 1.807) is 24.3 Å². The number of hydrogen-bond donors (Lipinski definition) is 1. The molecule has 1 atom stereocenters. The molecule has 2 aromatic rings. The second-order valence-electron chi connectivity index (χ2n) is 4.05. The minimum absolute atomic E-state index is 0.328. The summed E-state index contributed by atoms with van der Waals surface area (Å²) >= 11 is 0. The number of benzene rings is 2. The fraction of sp³-hybridized carbons (Fsp3) is 0.200. The van der Waals surface area contributed by atoms with Gasteiger partial charge in [-0.3, -0.25) is 0 Å². The van der Waals surface area contributed by atoms with Gasteiger partial charge >= 0.3 is 0 Å². The molecule has 0 aliphatic carbocycles. The first-order chi connectivity index (χ1) is 8.69. The Balaban J connectivity index is 2.11. The molecule has 1 N–H and O–H groups in total. The van der Waals surface area contributed by atoms with Crippen LogP contribution >= 0.6 is 0 Å². The van der Waals surface area contributed by atoms with Crippen LogP contribution in [0.4, 0.5) is 4.39 Å². The van der Waals surface area contributed by atoms with Crippen molar-refractivity contribution in [2.24, 2.45) is 0 Å². The van der Waals surface area contributed by atoms with E-state index in [2.05, 4.69) is 0 Å². The molecule has 2 rings (SSSR count). The molecule has 0 aliphatic heterocycles. The number of hydrogen-bond acceptors (Lipinski definition) is 2. The number of aliphatic hydroxyl groups is 1. The normalized spacial score (nSPS) is 12.2. The van der Waals surface area contributed by atoms with Crippen LogP contribution in [0.1, 0.15) is 25.0 Å². The van der Waals surface area contributed by atoms with Crippen molar-refractivity contribution in [1.82, 2.24) is 0 Å². The monoisotopic (exact) mass is 246 g/mol. The Bertz CT molecular complexity index is 508. The van der Waals surface area contributed by atoms with Gasteiger partial charge in [0.05, 0.1) is 6.10 Å². The highest BCUT2D eigenvalue weighted by Crippen LogP contribution is 2.24. The van der Waals surface area contributed by atoms with Gasteiger partial charge in [0, 0.05) is 6.07 Å². The quantitative estimate of drug-likeness (QED) is 0.881. The van der Waals surface area contributed by atoms with Gasteiger partial charge in [-0.15, -0.1) is 0 Å². The molecule has 2 aromatic carbocycles. The van der Waals surface area contributed by atoms with Crippen LogP contribution in [0.5, 0.6) is 11.5 Å². The van der Waals surface area contributed by atoms with E-state index in [4.69, 9.17) is 4.74 Å². The lowest BCUT2D eigenvalue weighted by Gasteiger charge is -2.10. The minimum Gasteiger partial charge on any atom is -0.457 e. The molecule has 18 heavy (non-hydrogen) atoms. The topological polar surface area (TPSA) is 29.5 Å². The van der Waals surface area contributed by atoms with E-state index in [1.165, 1.54) is 12.1 Å². The van der Waals surface area contributed by atoms with E-state index in [-0.39, 0.29) is 5.82 Å². The van der Waals surface area contributed by atoms with E-state index in [9.17, 15) is 9.50 Å². The summed E-state index contributed by atoms with van der Waals surface area (Å²) in [6, 6.07) is 13.1. The van der Waals surface area contributed by atoms with E-state index in [1.807, 2.05) is 19.1 Å². The van der Waals surface area contributed by atoms with Crippen molar-refractivity contribution in [1.29, 1.82) is 0 Å². The zero-order valence-corrected chi connectivity index (χ0v) is 10.1. The van der Waals surface area contributed by atoms with Crippen molar-refractivity contribution in [3.63, 3.8) is 0 Å². The van der Waals surface area contributed by atoms with Gasteiger partial charge in [0.2, 0.25) is 0 Å². The smallest absolute Gasteiger partial charge is 0.130 e. The molecule has 0 amide bonds. The van der Waals surface area contributed by atoms with Crippen LogP contribution < -0.4 is 4.74 Å². The van der Waals surface area contributed by atoms with Crippen LogP contribution in [-0.2, 0) is 0 Å². The summed E-state index contributed by atoms with van der Waals surface area (Å²) in [7, 11) is 0. The van der Waals surface area contributed by atoms with Gasteiger partial charge in [0.25, 0.3) is 0 Å². The summed E-state index contributed by atoms with van der Waals surface area (Å²) in [6.45, 7) is 1.92. The summed E-state index contributed by atoms with van der Waals surface area (Å²) in [5.41, 5.74) is 0.851. The molecule has 0 aliphatic rings. The predicted octanol–water partition coefficient (Wildman–Crippen LogP) is 4.06. The summed E-state index contributed by atoms with van der Waals surface area (Å²) in [5.74, 6) is 0.747. The van der Waals surface area contributed by atoms with Gasteiger partial charge in [-0.05, 0) is 36.2 Å².